The lowest BCUT2D eigenvalue weighted by atomic mass is 10.1. The van der Waals surface area contributed by atoms with Gasteiger partial charge in [0.1, 0.15) is 0 Å². The van der Waals surface area contributed by atoms with E-state index in [1.807, 2.05) is 0 Å². The van der Waals surface area contributed by atoms with Crippen molar-refractivity contribution in [3.8, 4) is 11.2 Å². The Morgan fingerprint density at radius 2 is 2.42 bits per heavy atom. The number of hydrogen-bond acceptors (Lipinski definition) is 3. The molecule has 0 aliphatic carbocycles. The summed E-state index contributed by atoms with van der Waals surface area (Å²) >= 11 is 3.91. The molecule has 3 heteroatoms. The van der Waals surface area contributed by atoms with Crippen LogP contribution >= 0.6 is 12.6 Å². The number of hydrogen-bond donors (Lipinski definition) is 2. The summed E-state index contributed by atoms with van der Waals surface area (Å²) in [6, 6.07) is 1.12. The fourth-order valence-corrected chi connectivity index (χ4v) is 2.27. The maximum absolute atomic E-state index is 3.91. The summed E-state index contributed by atoms with van der Waals surface area (Å²) < 4.78 is 0. The number of nitrogens with zero attached hydrogens (tertiary/aromatic N) is 1. The molecule has 2 nitrogen and oxygen atoms in total. The molecule has 66 valence electrons. The SMILES string of the molecule is SC#C[C@H]1CN2CCC[C@H]2CN1. The lowest BCUT2D eigenvalue weighted by molar-refractivity contribution is 0.193. The smallest absolute Gasteiger partial charge is 0.0828 e. The largest absolute Gasteiger partial charge is 0.301 e. The van der Waals surface area contributed by atoms with Gasteiger partial charge in [0.05, 0.1) is 6.04 Å². The van der Waals surface area contributed by atoms with E-state index in [9.17, 15) is 0 Å². The van der Waals surface area contributed by atoms with Crippen LogP contribution in [0.1, 0.15) is 12.8 Å². The van der Waals surface area contributed by atoms with E-state index in [0.29, 0.717) is 6.04 Å². The van der Waals surface area contributed by atoms with Gasteiger partial charge in [0, 0.05) is 19.1 Å². The molecule has 0 aromatic heterocycles. The molecule has 2 fully saturated rings. The minimum atomic E-state index is 0.344. The molecular formula is C9H14N2S. The fourth-order valence-electron chi connectivity index (χ4n) is 2.12. The van der Waals surface area contributed by atoms with E-state index in [2.05, 4.69) is 34.0 Å². The molecule has 2 atom stereocenters. The molecule has 0 radical (unpaired) electrons. The van der Waals surface area contributed by atoms with E-state index in [-0.39, 0.29) is 0 Å². The Bertz CT molecular complexity index is 218. The molecule has 0 spiro atoms. The first kappa shape index (κ1) is 8.43. The summed E-state index contributed by atoms with van der Waals surface area (Å²) in [6.45, 7) is 3.45. The van der Waals surface area contributed by atoms with Crippen molar-refractivity contribution in [3.05, 3.63) is 0 Å². The Kier molecular flexibility index (Phi) is 2.60. The molecular weight excluding hydrogens is 168 g/mol. The van der Waals surface area contributed by atoms with Gasteiger partial charge in [-0.1, -0.05) is 18.5 Å². The molecule has 1 N–H and O–H groups in total. The van der Waals surface area contributed by atoms with Crippen LogP contribution in [0, 0.1) is 11.2 Å². The molecule has 0 amide bonds. The number of piperazine rings is 1. The summed E-state index contributed by atoms with van der Waals surface area (Å²) in [7, 11) is 0. The predicted octanol–water partition coefficient (Wildman–Crippen LogP) is 0.313. The Balaban J connectivity index is 1.95. The third-order valence-electron chi connectivity index (χ3n) is 2.75. The monoisotopic (exact) mass is 182 g/mol. The van der Waals surface area contributed by atoms with Crippen LogP contribution in [0.15, 0.2) is 0 Å². The first-order valence-corrected chi connectivity index (χ1v) is 4.97. The quantitative estimate of drug-likeness (QED) is 0.414. The van der Waals surface area contributed by atoms with Gasteiger partial charge in [-0.05, 0) is 24.6 Å². The highest BCUT2D eigenvalue weighted by atomic mass is 32.1. The summed E-state index contributed by atoms with van der Waals surface area (Å²) in [5.41, 5.74) is 0. The highest BCUT2D eigenvalue weighted by molar-refractivity contribution is 7.85. The molecule has 0 unspecified atom stereocenters. The second kappa shape index (κ2) is 3.69. The first-order valence-electron chi connectivity index (χ1n) is 4.52. The second-order valence-electron chi connectivity index (χ2n) is 3.51. The Labute approximate surface area is 79.1 Å². The van der Waals surface area contributed by atoms with Gasteiger partial charge < -0.3 is 5.32 Å². The van der Waals surface area contributed by atoms with E-state index in [0.717, 1.165) is 19.1 Å². The van der Waals surface area contributed by atoms with Gasteiger partial charge in [-0.3, -0.25) is 4.90 Å². The Morgan fingerprint density at radius 1 is 1.50 bits per heavy atom. The third-order valence-corrected chi connectivity index (χ3v) is 2.88. The topological polar surface area (TPSA) is 15.3 Å². The molecule has 0 saturated carbocycles. The zero-order valence-corrected chi connectivity index (χ0v) is 7.98. The molecule has 2 rings (SSSR count). The van der Waals surface area contributed by atoms with Crippen molar-refractivity contribution < 1.29 is 0 Å². The summed E-state index contributed by atoms with van der Waals surface area (Å²) in [5.74, 6) is 3.06. The normalized spacial score (nSPS) is 35.4. The average molecular weight is 182 g/mol. The summed E-state index contributed by atoms with van der Waals surface area (Å²) in [4.78, 5) is 2.54. The van der Waals surface area contributed by atoms with Crippen molar-refractivity contribution in [2.75, 3.05) is 19.6 Å². The molecule has 0 aromatic rings. The van der Waals surface area contributed by atoms with Crippen LogP contribution in [0.5, 0.6) is 0 Å². The van der Waals surface area contributed by atoms with Gasteiger partial charge in [-0.15, -0.1) is 0 Å². The van der Waals surface area contributed by atoms with Crippen LogP contribution in [0.25, 0.3) is 0 Å². The van der Waals surface area contributed by atoms with E-state index in [1.54, 1.807) is 0 Å². The maximum atomic E-state index is 3.91. The number of fused-ring (bicyclic) bond motifs is 1. The van der Waals surface area contributed by atoms with E-state index < -0.39 is 0 Å². The molecule has 2 aliphatic rings. The van der Waals surface area contributed by atoms with Crippen LogP contribution in [0.3, 0.4) is 0 Å². The van der Waals surface area contributed by atoms with Crippen LogP contribution in [0.4, 0.5) is 0 Å². The minimum Gasteiger partial charge on any atom is -0.301 e. The van der Waals surface area contributed by atoms with Gasteiger partial charge in [-0.25, -0.2) is 0 Å². The first-order chi connectivity index (χ1) is 5.90. The molecule has 2 aliphatic heterocycles. The van der Waals surface area contributed by atoms with Crippen molar-refractivity contribution in [1.29, 1.82) is 0 Å². The van der Waals surface area contributed by atoms with Gasteiger partial charge in [-0.2, -0.15) is 0 Å². The zero-order chi connectivity index (χ0) is 8.39. The molecule has 0 bridgehead atoms. The summed E-state index contributed by atoms with van der Waals surface area (Å²) in [6.07, 6.45) is 2.71. The Morgan fingerprint density at radius 3 is 3.25 bits per heavy atom. The highest BCUT2D eigenvalue weighted by Crippen LogP contribution is 2.19. The average Bonchev–Trinajstić information content (AvgIpc) is 2.51. The van der Waals surface area contributed by atoms with Crippen LogP contribution in [-0.4, -0.2) is 36.6 Å². The maximum Gasteiger partial charge on any atom is 0.0828 e. The molecule has 0 aromatic carbocycles. The number of nitrogens with one attached hydrogen (secondary N) is 1. The second-order valence-corrected chi connectivity index (χ2v) is 3.73. The van der Waals surface area contributed by atoms with Crippen molar-refractivity contribution in [1.82, 2.24) is 10.2 Å². The third kappa shape index (κ3) is 1.61. The van der Waals surface area contributed by atoms with Crippen LogP contribution in [0.2, 0.25) is 0 Å². The minimum absolute atomic E-state index is 0.344. The highest BCUT2D eigenvalue weighted by Gasteiger charge is 2.30. The molecule has 2 heterocycles. The van der Waals surface area contributed by atoms with Crippen molar-refractivity contribution in [3.63, 3.8) is 0 Å². The number of rotatable bonds is 0. The molecule has 12 heavy (non-hydrogen) atoms. The Hall–Kier alpha value is -0.170. The van der Waals surface area contributed by atoms with Crippen molar-refractivity contribution in [2.24, 2.45) is 0 Å². The zero-order valence-electron chi connectivity index (χ0n) is 7.08. The van der Waals surface area contributed by atoms with Gasteiger partial charge in [0.25, 0.3) is 0 Å². The van der Waals surface area contributed by atoms with Gasteiger partial charge >= 0.3 is 0 Å². The number of thiol groups is 1. The van der Waals surface area contributed by atoms with Crippen LogP contribution in [-0.2, 0) is 0 Å². The fraction of sp³-hybridized carbons (Fsp3) is 0.778. The van der Waals surface area contributed by atoms with Gasteiger partial charge in [0.15, 0.2) is 0 Å². The molecule has 2 saturated heterocycles. The van der Waals surface area contributed by atoms with Crippen LogP contribution < -0.4 is 5.32 Å². The lowest BCUT2D eigenvalue weighted by Gasteiger charge is -2.33. The van der Waals surface area contributed by atoms with E-state index >= 15 is 0 Å². The van der Waals surface area contributed by atoms with E-state index in [4.69, 9.17) is 0 Å². The van der Waals surface area contributed by atoms with Crippen molar-refractivity contribution in [2.45, 2.75) is 24.9 Å². The van der Waals surface area contributed by atoms with Gasteiger partial charge in [0.2, 0.25) is 0 Å². The standard InChI is InChI=1S/C9H14N2S/c12-5-3-8-7-11-4-1-2-9(11)6-10-8/h8-10,12H,1-2,4,6-7H2/t8-,9-/m0/s1. The predicted molar refractivity (Wildman–Crippen MR) is 53.1 cm³/mol. The van der Waals surface area contributed by atoms with Crippen molar-refractivity contribution >= 4 is 12.6 Å². The van der Waals surface area contributed by atoms with E-state index in [1.165, 1.54) is 19.4 Å². The lowest BCUT2D eigenvalue weighted by Crippen LogP contribution is -2.53. The summed E-state index contributed by atoms with van der Waals surface area (Å²) in [5, 5.41) is 6.10.